The van der Waals surface area contributed by atoms with E-state index in [0.29, 0.717) is 12.5 Å². The van der Waals surface area contributed by atoms with Gasteiger partial charge in [0.1, 0.15) is 0 Å². The first-order valence-corrected chi connectivity index (χ1v) is 6.39. The molecule has 0 aliphatic heterocycles. The summed E-state index contributed by atoms with van der Waals surface area (Å²) >= 11 is 0.0964. The SMILES string of the molecule is CNC(CCCCSC(F)(F)F)C1CC1. The van der Waals surface area contributed by atoms with Crippen LogP contribution in [0.4, 0.5) is 13.2 Å². The van der Waals surface area contributed by atoms with Crippen molar-refractivity contribution in [2.75, 3.05) is 12.8 Å². The molecule has 0 aromatic carbocycles. The van der Waals surface area contributed by atoms with Gasteiger partial charge in [0.15, 0.2) is 0 Å². The largest absolute Gasteiger partial charge is 0.441 e. The van der Waals surface area contributed by atoms with Crippen LogP contribution in [0, 0.1) is 5.92 Å². The van der Waals surface area contributed by atoms with Crippen LogP contribution in [-0.4, -0.2) is 24.4 Å². The van der Waals surface area contributed by atoms with E-state index in [-0.39, 0.29) is 17.5 Å². The van der Waals surface area contributed by atoms with E-state index >= 15 is 0 Å². The highest BCUT2D eigenvalue weighted by molar-refractivity contribution is 8.00. The number of unbranched alkanes of at least 4 members (excludes halogenated alkanes) is 1. The Bertz CT molecular complexity index is 180. The molecule has 0 heterocycles. The minimum atomic E-state index is -4.06. The van der Waals surface area contributed by atoms with Crippen LogP contribution in [0.25, 0.3) is 0 Å². The Hall–Kier alpha value is 0.100. The van der Waals surface area contributed by atoms with E-state index in [0.717, 1.165) is 18.8 Å². The highest BCUT2D eigenvalue weighted by Gasteiger charge is 2.30. The Morgan fingerprint density at radius 2 is 2.00 bits per heavy atom. The van der Waals surface area contributed by atoms with E-state index in [4.69, 9.17) is 0 Å². The van der Waals surface area contributed by atoms with E-state index in [1.807, 2.05) is 7.05 Å². The predicted octanol–water partition coefficient (Wildman–Crippen LogP) is 3.41. The Kier molecular flexibility index (Phi) is 5.26. The molecule has 0 amide bonds. The molecule has 1 unspecified atom stereocenters. The lowest BCUT2D eigenvalue weighted by molar-refractivity contribution is -0.0328. The molecule has 1 N–H and O–H groups in total. The highest BCUT2D eigenvalue weighted by Crippen LogP contribution is 2.35. The van der Waals surface area contributed by atoms with Crippen molar-refractivity contribution in [2.24, 2.45) is 5.92 Å². The first-order chi connectivity index (χ1) is 7.03. The third kappa shape index (κ3) is 6.30. The minimum Gasteiger partial charge on any atom is -0.317 e. The number of halogens is 3. The number of hydrogen-bond donors (Lipinski definition) is 1. The van der Waals surface area contributed by atoms with Gasteiger partial charge in [0.05, 0.1) is 0 Å². The lowest BCUT2D eigenvalue weighted by atomic mass is 10.1. The number of rotatable bonds is 7. The van der Waals surface area contributed by atoms with Crippen molar-refractivity contribution in [1.82, 2.24) is 5.32 Å². The summed E-state index contributed by atoms with van der Waals surface area (Å²) in [5.74, 6) is 0.982. The number of nitrogens with one attached hydrogen (secondary N) is 1. The molecule has 1 aliphatic carbocycles. The van der Waals surface area contributed by atoms with E-state index in [1.165, 1.54) is 12.8 Å². The highest BCUT2D eigenvalue weighted by atomic mass is 32.2. The van der Waals surface area contributed by atoms with Gasteiger partial charge in [0.25, 0.3) is 0 Å². The average Bonchev–Trinajstić information content (AvgIpc) is 2.92. The van der Waals surface area contributed by atoms with Crippen LogP contribution in [0.3, 0.4) is 0 Å². The molecule has 0 aromatic rings. The lowest BCUT2D eigenvalue weighted by Gasteiger charge is -2.14. The molecule has 1 atom stereocenters. The molecule has 1 rings (SSSR count). The molecule has 0 spiro atoms. The molecule has 1 fully saturated rings. The van der Waals surface area contributed by atoms with E-state index < -0.39 is 5.51 Å². The van der Waals surface area contributed by atoms with Gasteiger partial charge in [-0.1, -0.05) is 18.2 Å². The van der Waals surface area contributed by atoms with Crippen molar-refractivity contribution in [1.29, 1.82) is 0 Å². The van der Waals surface area contributed by atoms with Crippen molar-refractivity contribution in [3.8, 4) is 0 Å². The molecule has 5 heteroatoms. The van der Waals surface area contributed by atoms with E-state index in [1.54, 1.807) is 0 Å². The second kappa shape index (κ2) is 5.99. The molecular formula is C10H18F3NS. The standard InChI is InChI=1S/C10H18F3NS/c1-14-9(8-5-6-8)4-2-3-7-15-10(11,12)13/h8-9,14H,2-7H2,1H3. The zero-order valence-electron chi connectivity index (χ0n) is 8.94. The second-order valence-electron chi connectivity index (χ2n) is 4.02. The average molecular weight is 241 g/mol. The third-order valence-corrected chi connectivity index (χ3v) is 3.56. The predicted molar refractivity (Wildman–Crippen MR) is 57.9 cm³/mol. The molecule has 0 radical (unpaired) electrons. The van der Waals surface area contributed by atoms with Gasteiger partial charge < -0.3 is 5.32 Å². The van der Waals surface area contributed by atoms with Crippen molar-refractivity contribution in [2.45, 2.75) is 43.7 Å². The van der Waals surface area contributed by atoms with Crippen molar-refractivity contribution < 1.29 is 13.2 Å². The quantitative estimate of drug-likeness (QED) is 0.685. The summed E-state index contributed by atoms with van der Waals surface area (Å²) in [6.45, 7) is 0. The smallest absolute Gasteiger partial charge is 0.317 e. The van der Waals surface area contributed by atoms with Crippen molar-refractivity contribution in [3.05, 3.63) is 0 Å². The summed E-state index contributed by atoms with van der Waals surface area (Å²) in [6, 6.07) is 0.529. The minimum absolute atomic E-state index is 0.0964. The van der Waals surface area contributed by atoms with Gasteiger partial charge in [-0.2, -0.15) is 13.2 Å². The fourth-order valence-corrected chi connectivity index (χ4v) is 2.35. The van der Waals surface area contributed by atoms with Crippen LogP contribution in [0.1, 0.15) is 32.1 Å². The molecule has 0 aromatic heterocycles. The maximum absolute atomic E-state index is 11.8. The monoisotopic (exact) mass is 241 g/mol. The summed E-state index contributed by atoms with van der Waals surface area (Å²) < 4.78 is 35.4. The fraction of sp³-hybridized carbons (Fsp3) is 1.00. The van der Waals surface area contributed by atoms with E-state index in [9.17, 15) is 13.2 Å². The van der Waals surface area contributed by atoms with Gasteiger partial charge in [0, 0.05) is 11.8 Å². The number of thioether (sulfide) groups is 1. The van der Waals surface area contributed by atoms with E-state index in [2.05, 4.69) is 5.32 Å². The Balaban J connectivity index is 1.96. The maximum atomic E-state index is 11.8. The van der Waals surface area contributed by atoms with Crippen molar-refractivity contribution >= 4 is 11.8 Å². The lowest BCUT2D eigenvalue weighted by Crippen LogP contribution is -2.27. The summed E-state index contributed by atoms with van der Waals surface area (Å²) in [4.78, 5) is 0. The van der Waals surface area contributed by atoms with Gasteiger partial charge in [-0.25, -0.2) is 0 Å². The molecule has 1 saturated carbocycles. The fourth-order valence-electron chi connectivity index (χ4n) is 1.77. The molecular weight excluding hydrogens is 223 g/mol. The van der Waals surface area contributed by atoms with Gasteiger partial charge in [-0.3, -0.25) is 0 Å². The molecule has 0 saturated heterocycles. The molecule has 1 aliphatic rings. The molecule has 15 heavy (non-hydrogen) atoms. The summed E-state index contributed by atoms with van der Waals surface area (Å²) in [5.41, 5.74) is -4.06. The molecule has 0 bridgehead atoms. The zero-order valence-corrected chi connectivity index (χ0v) is 9.76. The van der Waals surface area contributed by atoms with Crippen LogP contribution in [0.2, 0.25) is 0 Å². The summed E-state index contributed by atoms with van der Waals surface area (Å²) in [6.07, 6.45) is 5.13. The van der Waals surface area contributed by atoms with Gasteiger partial charge in [-0.15, -0.1) is 0 Å². The van der Waals surface area contributed by atoms with Crippen LogP contribution in [0.5, 0.6) is 0 Å². The summed E-state index contributed by atoms with van der Waals surface area (Å²) in [5, 5.41) is 3.24. The normalized spacial score (nSPS) is 19.2. The summed E-state index contributed by atoms with van der Waals surface area (Å²) in [7, 11) is 1.94. The van der Waals surface area contributed by atoms with Gasteiger partial charge in [0.2, 0.25) is 0 Å². The first-order valence-electron chi connectivity index (χ1n) is 5.41. The number of hydrogen-bond acceptors (Lipinski definition) is 2. The maximum Gasteiger partial charge on any atom is 0.441 e. The van der Waals surface area contributed by atoms with Crippen LogP contribution >= 0.6 is 11.8 Å². The second-order valence-corrected chi connectivity index (χ2v) is 5.18. The van der Waals surface area contributed by atoms with Crippen LogP contribution in [-0.2, 0) is 0 Å². The Morgan fingerprint density at radius 3 is 2.47 bits per heavy atom. The molecule has 90 valence electrons. The van der Waals surface area contributed by atoms with Crippen LogP contribution in [0.15, 0.2) is 0 Å². The Labute approximate surface area is 93.2 Å². The topological polar surface area (TPSA) is 12.0 Å². The van der Waals surface area contributed by atoms with Crippen molar-refractivity contribution in [3.63, 3.8) is 0 Å². The van der Waals surface area contributed by atoms with Crippen LogP contribution < -0.4 is 5.32 Å². The molecule has 1 nitrogen and oxygen atoms in total. The number of alkyl halides is 3. The third-order valence-electron chi connectivity index (χ3n) is 2.74. The first kappa shape index (κ1) is 13.2. The Morgan fingerprint density at radius 1 is 1.33 bits per heavy atom. The van der Waals surface area contributed by atoms with Gasteiger partial charge >= 0.3 is 5.51 Å². The van der Waals surface area contributed by atoms with Gasteiger partial charge in [-0.05, 0) is 38.6 Å². The zero-order chi connectivity index (χ0) is 11.3.